The van der Waals surface area contributed by atoms with Crippen LogP contribution in [-0.4, -0.2) is 31.0 Å². The molecule has 152 valence electrons. The van der Waals surface area contributed by atoms with Crippen molar-refractivity contribution in [3.8, 4) is 0 Å². The molecular weight excluding hydrogens is 418 g/mol. The maximum atomic E-state index is 12.9. The first-order valence-electron chi connectivity index (χ1n) is 9.15. The Morgan fingerprint density at radius 1 is 1.07 bits per heavy atom. The quantitative estimate of drug-likeness (QED) is 0.419. The zero-order valence-electron chi connectivity index (χ0n) is 16.6. The van der Waals surface area contributed by atoms with Crippen LogP contribution in [0.3, 0.4) is 0 Å². The third kappa shape index (κ3) is 3.92. The molecule has 0 saturated carbocycles. The van der Waals surface area contributed by atoms with Gasteiger partial charge in [-0.3, -0.25) is 4.79 Å². The highest BCUT2D eigenvalue weighted by atomic mass is 32.1. The highest BCUT2D eigenvalue weighted by Gasteiger charge is 2.19. The SMILES string of the molecule is COC(=O)c1cc2cc(NC(=O)c3sc(N(C)c4ccccc4)nc3C)ccc2s1. The van der Waals surface area contributed by atoms with Gasteiger partial charge in [-0.15, -0.1) is 11.3 Å². The largest absolute Gasteiger partial charge is 0.465 e. The van der Waals surface area contributed by atoms with Gasteiger partial charge in [0.2, 0.25) is 0 Å². The fraction of sp³-hybridized carbons (Fsp3) is 0.136. The molecule has 1 N–H and O–H groups in total. The molecule has 0 spiro atoms. The van der Waals surface area contributed by atoms with Gasteiger partial charge in [-0.05, 0) is 48.7 Å². The van der Waals surface area contributed by atoms with E-state index in [0.717, 1.165) is 20.9 Å². The number of hydrogen-bond donors (Lipinski definition) is 1. The highest BCUT2D eigenvalue weighted by molar-refractivity contribution is 7.20. The van der Waals surface area contributed by atoms with E-state index in [1.807, 2.05) is 67.4 Å². The van der Waals surface area contributed by atoms with E-state index in [2.05, 4.69) is 10.3 Å². The lowest BCUT2D eigenvalue weighted by molar-refractivity contribution is 0.0606. The van der Waals surface area contributed by atoms with Crippen molar-refractivity contribution in [2.75, 3.05) is 24.4 Å². The summed E-state index contributed by atoms with van der Waals surface area (Å²) in [5.74, 6) is -0.572. The van der Waals surface area contributed by atoms with Crippen LogP contribution in [0.2, 0.25) is 0 Å². The zero-order valence-corrected chi connectivity index (χ0v) is 18.3. The molecule has 0 bridgehead atoms. The van der Waals surface area contributed by atoms with E-state index in [1.165, 1.54) is 29.8 Å². The number of esters is 1. The number of nitrogens with zero attached hydrogens (tertiary/aromatic N) is 2. The van der Waals surface area contributed by atoms with E-state index in [1.54, 1.807) is 6.07 Å². The molecule has 0 unspecified atom stereocenters. The van der Waals surface area contributed by atoms with Gasteiger partial charge >= 0.3 is 5.97 Å². The number of anilines is 3. The second-order valence-electron chi connectivity index (χ2n) is 6.61. The third-order valence-electron chi connectivity index (χ3n) is 4.58. The Bertz CT molecular complexity index is 1230. The minimum atomic E-state index is -0.364. The molecule has 1 amide bonds. The van der Waals surface area contributed by atoms with Crippen LogP contribution in [0, 0.1) is 6.92 Å². The summed E-state index contributed by atoms with van der Waals surface area (Å²) in [4.78, 5) is 32.2. The highest BCUT2D eigenvalue weighted by Crippen LogP contribution is 2.32. The van der Waals surface area contributed by atoms with Gasteiger partial charge in [0.05, 0.1) is 12.8 Å². The number of amides is 1. The number of nitrogens with one attached hydrogen (secondary N) is 1. The number of para-hydroxylation sites is 1. The van der Waals surface area contributed by atoms with Crippen LogP contribution < -0.4 is 10.2 Å². The van der Waals surface area contributed by atoms with E-state index >= 15 is 0 Å². The van der Waals surface area contributed by atoms with E-state index in [-0.39, 0.29) is 11.9 Å². The van der Waals surface area contributed by atoms with Crippen molar-refractivity contribution in [2.24, 2.45) is 0 Å². The second-order valence-corrected chi connectivity index (χ2v) is 8.68. The number of thiazole rings is 1. The summed E-state index contributed by atoms with van der Waals surface area (Å²) in [6.45, 7) is 1.83. The third-order valence-corrected chi connectivity index (χ3v) is 6.91. The van der Waals surface area contributed by atoms with Crippen LogP contribution in [-0.2, 0) is 4.74 Å². The number of benzene rings is 2. The number of ether oxygens (including phenoxy) is 1. The first-order valence-corrected chi connectivity index (χ1v) is 10.8. The molecule has 2 aromatic heterocycles. The number of carbonyl (C=O) groups excluding carboxylic acids is 2. The number of thiophene rings is 1. The number of aryl methyl sites for hydroxylation is 1. The molecular formula is C22H19N3O3S2. The Labute approximate surface area is 181 Å². The van der Waals surface area contributed by atoms with Gasteiger partial charge in [0.25, 0.3) is 5.91 Å². The molecule has 8 heteroatoms. The van der Waals surface area contributed by atoms with Crippen molar-refractivity contribution >= 4 is 61.1 Å². The summed E-state index contributed by atoms with van der Waals surface area (Å²) in [5.41, 5.74) is 2.34. The molecule has 0 saturated heterocycles. The summed E-state index contributed by atoms with van der Waals surface area (Å²) in [5, 5.41) is 4.57. The van der Waals surface area contributed by atoms with Gasteiger partial charge in [0.1, 0.15) is 9.75 Å². The summed E-state index contributed by atoms with van der Waals surface area (Å²) >= 11 is 2.71. The summed E-state index contributed by atoms with van der Waals surface area (Å²) in [6.07, 6.45) is 0. The minimum absolute atomic E-state index is 0.208. The fourth-order valence-corrected chi connectivity index (χ4v) is 4.91. The Morgan fingerprint density at radius 3 is 2.57 bits per heavy atom. The Kier molecular flexibility index (Phi) is 5.52. The lowest BCUT2D eigenvalue weighted by Gasteiger charge is -2.15. The van der Waals surface area contributed by atoms with E-state index < -0.39 is 0 Å². The van der Waals surface area contributed by atoms with Crippen molar-refractivity contribution in [3.63, 3.8) is 0 Å². The molecule has 30 heavy (non-hydrogen) atoms. The molecule has 6 nitrogen and oxygen atoms in total. The van der Waals surface area contributed by atoms with Crippen molar-refractivity contribution < 1.29 is 14.3 Å². The van der Waals surface area contributed by atoms with Gasteiger partial charge in [-0.1, -0.05) is 29.5 Å². The normalized spacial score (nSPS) is 10.8. The Hall–Kier alpha value is -3.23. The Balaban J connectivity index is 1.55. The summed E-state index contributed by atoms with van der Waals surface area (Å²) < 4.78 is 5.73. The zero-order chi connectivity index (χ0) is 21.3. The first kappa shape index (κ1) is 20.1. The number of fused-ring (bicyclic) bond motifs is 1. The number of carbonyl (C=O) groups is 2. The lowest BCUT2D eigenvalue weighted by Crippen LogP contribution is -2.11. The van der Waals surface area contributed by atoms with Crippen molar-refractivity contribution in [1.29, 1.82) is 0 Å². The van der Waals surface area contributed by atoms with E-state index in [4.69, 9.17) is 4.74 Å². The van der Waals surface area contributed by atoms with Crippen molar-refractivity contribution in [2.45, 2.75) is 6.92 Å². The van der Waals surface area contributed by atoms with Gasteiger partial charge < -0.3 is 15.0 Å². The monoisotopic (exact) mass is 437 g/mol. The van der Waals surface area contributed by atoms with E-state index in [9.17, 15) is 9.59 Å². The van der Waals surface area contributed by atoms with Crippen LogP contribution in [0.4, 0.5) is 16.5 Å². The van der Waals surface area contributed by atoms with Crippen LogP contribution >= 0.6 is 22.7 Å². The molecule has 4 aromatic rings. The molecule has 4 rings (SSSR count). The summed E-state index contributed by atoms with van der Waals surface area (Å²) in [7, 11) is 3.29. The predicted octanol–water partition coefficient (Wildman–Crippen LogP) is 5.47. The first-order chi connectivity index (χ1) is 14.5. The number of methoxy groups -OCH3 is 1. The van der Waals surface area contributed by atoms with E-state index in [0.29, 0.717) is 21.1 Å². The number of rotatable bonds is 5. The molecule has 0 aliphatic carbocycles. The molecule has 0 aliphatic rings. The molecule has 0 atom stereocenters. The van der Waals surface area contributed by atoms with Gasteiger partial charge in [0.15, 0.2) is 5.13 Å². The van der Waals surface area contributed by atoms with Crippen molar-refractivity contribution in [3.05, 3.63) is 70.0 Å². The van der Waals surface area contributed by atoms with Gasteiger partial charge in [-0.2, -0.15) is 0 Å². The molecule has 2 aromatic carbocycles. The average Bonchev–Trinajstić information content (AvgIpc) is 3.36. The second kappa shape index (κ2) is 8.25. The average molecular weight is 438 g/mol. The number of hydrogen-bond acceptors (Lipinski definition) is 7. The standard InChI is InChI=1S/C22H19N3O3S2/c1-13-19(30-22(23-13)25(2)16-7-5-4-6-8-16)20(26)24-15-9-10-17-14(11-15)12-18(29-17)21(27)28-3/h4-12H,1-3H3,(H,24,26). The topological polar surface area (TPSA) is 71.5 Å². The molecule has 0 aliphatic heterocycles. The smallest absolute Gasteiger partial charge is 0.348 e. The molecule has 0 fully saturated rings. The Morgan fingerprint density at radius 2 is 1.83 bits per heavy atom. The number of aromatic nitrogens is 1. The molecule has 2 heterocycles. The fourth-order valence-electron chi connectivity index (χ4n) is 3.01. The lowest BCUT2D eigenvalue weighted by atomic mass is 10.2. The predicted molar refractivity (Wildman–Crippen MR) is 122 cm³/mol. The van der Waals surface area contributed by atoms with Crippen LogP contribution in [0.5, 0.6) is 0 Å². The van der Waals surface area contributed by atoms with Crippen LogP contribution in [0.25, 0.3) is 10.1 Å². The van der Waals surface area contributed by atoms with Crippen molar-refractivity contribution in [1.82, 2.24) is 4.98 Å². The maximum absolute atomic E-state index is 12.9. The van der Waals surface area contributed by atoms with Crippen LogP contribution in [0.1, 0.15) is 25.0 Å². The van der Waals surface area contributed by atoms with Gasteiger partial charge in [-0.25, -0.2) is 9.78 Å². The van der Waals surface area contributed by atoms with Gasteiger partial charge in [0, 0.05) is 23.1 Å². The minimum Gasteiger partial charge on any atom is -0.465 e. The van der Waals surface area contributed by atoms with Crippen LogP contribution in [0.15, 0.2) is 54.6 Å². The summed E-state index contributed by atoms with van der Waals surface area (Å²) in [6, 6.07) is 17.2. The molecule has 0 radical (unpaired) electrons. The maximum Gasteiger partial charge on any atom is 0.348 e.